The number of para-hydroxylation sites is 1. The first-order chi connectivity index (χ1) is 7.86. The number of nitrogens with one attached hydrogen (secondary N) is 2. The number of benzene rings is 1. The number of anilines is 1. The van der Waals surface area contributed by atoms with Crippen molar-refractivity contribution in [3.8, 4) is 5.69 Å². The highest BCUT2D eigenvalue weighted by molar-refractivity contribution is 7.71. The number of hydrogen-bond donors (Lipinski definition) is 2. The van der Waals surface area contributed by atoms with E-state index in [-0.39, 0.29) is 0 Å². The van der Waals surface area contributed by atoms with Crippen LogP contribution in [0, 0.1) is 4.77 Å². The van der Waals surface area contributed by atoms with Crippen LogP contribution in [0.3, 0.4) is 0 Å². The minimum atomic E-state index is 0.769. The second kappa shape index (κ2) is 3.79. The first kappa shape index (κ1) is 9.66. The van der Waals surface area contributed by atoms with Crippen LogP contribution >= 0.6 is 12.2 Å². The molecule has 0 saturated carbocycles. The van der Waals surface area contributed by atoms with E-state index in [1.165, 1.54) is 5.69 Å². The zero-order chi connectivity index (χ0) is 11.0. The van der Waals surface area contributed by atoms with Crippen LogP contribution in [-0.2, 0) is 6.42 Å². The van der Waals surface area contributed by atoms with Crippen molar-refractivity contribution in [2.75, 3.05) is 11.9 Å². The molecule has 0 fully saturated rings. The minimum Gasteiger partial charge on any atom is -0.370 e. The molecule has 1 aromatic carbocycles. The Morgan fingerprint density at radius 2 is 2.00 bits per heavy atom. The molecule has 2 heterocycles. The monoisotopic (exact) mass is 231 g/mol. The average molecular weight is 231 g/mol. The molecule has 16 heavy (non-hydrogen) atoms. The van der Waals surface area contributed by atoms with E-state index >= 15 is 0 Å². The highest BCUT2D eigenvalue weighted by Gasteiger charge is 2.16. The zero-order valence-electron chi connectivity index (χ0n) is 8.86. The number of H-pyrrole nitrogens is 1. The van der Waals surface area contributed by atoms with Crippen LogP contribution in [-0.4, -0.2) is 16.1 Å². The summed E-state index contributed by atoms with van der Waals surface area (Å²) in [5.41, 5.74) is 2.33. The van der Waals surface area contributed by atoms with Crippen LogP contribution in [0.2, 0.25) is 0 Å². The Balaban J connectivity index is 2.21. The molecular formula is C12H13N3S. The van der Waals surface area contributed by atoms with Gasteiger partial charge in [0.2, 0.25) is 0 Å². The Hall–Kier alpha value is -1.55. The number of nitrogens with zero attached hydrogens (tertiary/aromatic N) is 1. The number of hydrogen-bond acceptors (Lipinski definition) is 2. The second-order valence-corrected chi connectivity index (χ2v) is 4.35. The smallest absolute Gasteiger partial charge is 0.183 e. The normalized spacial score (nSPS) is 14.2. The molecule has 1 aliphatic heterocycles. The molecule has 0 amide bonds. The van der Waals surface area contributed by atoms with Gasteiger partial charge in [0.25, 0.3) is 0 Å². The third kappa shape index (κ3) is 1.46. The lowest BCUT2D eigenvalue weighted by Crippen LogP contribution is -2.14. The molecule has 1 aromatic heterocycles. The fourth-order valence-electron chi connectivity index (χ4n) is 2.14. The van der Waals surface area contributed by atoms with Crippen LogP contribution in [0.25, 0.3) is 5.69 Å². The van der Waals surface area contributed by atoms with Gasteiger partial charge in [-0.15, -0.1) is 0 Å². The quantitative estimate of drug-likeness (QED) is 0.740. The highest BCUT2D eigenvalue weighted by Crippen LogP contribution is 2.25. The van der Waals surface area contributed by atoms with E-state index in [1.54, 1.807) is 0 Å². The van der Waals surface area contributed by atoms with Crippen molar-refractivity contribution in [1.82, 2.24) is 9.55 Å². The summed E-state index contributed by atoms with van der Waals surface area (Å²) < 4.78 is 2.84. The first-order valence-corrected chi connectivity index (χ1v) is 5.90. The molecule has 2 aromatic rings. The lowest BCUT2D eigenvalue weighted by atomic mass is 10.2. The van der Waals surface area contributed by atoms with Gasteiger partial charge in [0, 0.05) is 12.2 Å². The Morgan fingerprint density at radius 3 is 2.81 bits per heavy atom. The fraction of sp³-hybridized carbons (Fsp3) is 0.250. The Labute approximate surface area is 99.1 Å². The number of aromatic amines is 1. The molecule has 2 N–H and O–H groups in total. The van der Waals surface area contributed by atoms with E-state index in [0.717, 1.165) is 35.7 Å². The summed E-state index contributed by atoms with van der Waals surface area (Å²) in [6.07, 6.45) is 2.24. The average Bonchev–Trinajstić information content (AvgIpc) is 2.66. The van der Waals surface area contributed by atoms with Gasteiger partial charge in [-0.05, 0) is 37.2 Å². The van der Waals surface area contributed by atoms with Crippen molar-refractivity contribution in [1.29, 1.82) is 0 Å². The molecule has 0 radical (unpaired) electrons. The zero-order valence-corrected chi connectivity index (χ0v) is 9.68. The summed E-state index contributed by atoms with van der Waals surface area (Å²) in [4.78, 5) is 3.28. The molecule has 3 rings (SSSR count). The predicted octanol–water partition coefficient (Wildman–Crippen LogP) is 2.89. The lowest BCUT2D eigenvalue weighted by Gasteiger charge is -2.16. The van der Waals surface area contributed by atoms with Gasteiger partial charge in [0.15, 0.2) is 4.77 Å². The number of aromatic nitrogens is 2. The molecule has 0 atom stereocenters. The number of rotatable bonds is 1. The van der Waals surface area contributed by atoms with Gasteiger partial charge in [0.05, 0.1) is 5.69 Å². The van der Waals surface area contributed by atoms with Crippen LogP contribution < -0.4 is 5.32 Å². The van der Waals surface area contributed by atoms with Crippen molar-refractivity contribution < 1.29 is 0 Å². The Kier molecular flexibility index (Phi) is 2.29. The van der Waals surface area contributed by atoms with E-state index in [4.69, 9.17) is 12.2 Å². The van der Waals surface area contributed by atoms with Crippen LogP contribution in [0.15, 0.2) is 30.3 Å². The van der Waals surface area contributed by atoms with Crippen LogP contribution in [0.1, 0.15) is 12.1 Å². The van der Waals surface area contributed by atoms with Crippen molar-refractivity contribution >= 4 is 18.0 Å². The molecule has 3 nitrogen and oxygen atoms in total. The largest absolute Gasteiger partial charge is 0.370 e. The fourth-order valence-corrected chi connectivity index (χ4v) is 2.46. The standard InChI is InChI=1S/C12H13N3S/c16-12-14-10-7-4-8-13-11(10)15(12)9-5-2-1-3-6-9/h1-3,5-6,13H,4,7-8H2,(H,14,16). The third-order valence-electron chi connectivity index (χ3n) is 2.88. The number of fused-ring (bicyclic) bond motifs is 1. The summed E-state index contributed by atoms with van der Waals surface area (Å²) in [6, 6.07) is 10.2. The molecule has 82 valence electrons. The van der Waals surface area contributed by atoms with E-state index in [1.807, 2.05) is 18.2 Å². The first-order valence-electron chi connectivity index (χ1n) is 5.49. The van der Waals surface area contributed by atoms with Gasteiger partial charge in [-0.2, -0.15) is 0 Å². The third-order valence-corrected chi connectivity index (χ3v) is 3.17. The molecule has 4 heteroatoms. The summed E-state index contributed by atoms with van der Waals surface area (Å²) in [5.74, 6) is 1.13. The van der Waals surface area contributed by atoms with E-state index in [2.05, 4.69) is 27.0 Å². The van der Waals surface area contributed by atoms with Crippen LogP contribution in [0.5, 0.6) is 0 Å². The maximum atomic E-state index is 5.37. The minimum absolute atomic E-state index is 0.769. The maximum absolute atomic E-state index is 5.37. The van der Waals surface area contributed by atoms with Gasteiger partial charge in [-0.1, -0.05) is 18.2 Å². The Morgan fingerprint density at radius 1 is 1.19 bits per heavy atom. The molecule has 0 bridgehead atoms. The SMILES string of the molecule is S=c1[nH]c2c(n1-c1ccccc1)NCCC2. The van der Waals surface area contributed by atoms with Gasteiger partial charge in [-0.25, -0.2) is 0 Å². The summed E-state index contributed by atoms with van der Waals surface area (Å²) >= 11 is 5.37. The molecule has 0 aliphatic carbocycles. The van der Waals surface area contributed by atoms with Crippen molar-refractivity contribution in [2.24, 2.45) is 0 Å². The van der Waals surface area contributed by atoms with Crippen molar-refractivity contribution in [3.05, 3.63) is 40.8 Å². The summed E-state index contributed by atoms with van der Waals surface area (Å²) in [6.45, 7) is 1.02. The van der Waals surface area contributed by atoms with Gasteiger partial charge in [-0.3, -0.25) is 4.57 Å². The van der Waals surface area contributed by atoms with Crippen molar-refractivity contribution in [2.45, 2.75) is 12.8 Å². The molecule has 1 aliphatic rings. The summed E-state index contributed by atoms with van der Waals surface area (Å²) in [5, 5.41) is 3.42. The van der Waals surface area contributed by atoms with Crippen molar-refractivity contribution in [3.63, 3.8) is 0 Å². The van der Waals surface area contributed by atoms with Gasteiger partial charge >= 0.3 is 0 Å². The topological polar surface area (TPSA) is 32.8 Å². The van der Waals surface area contributed by atoms with E-state index in [0.29, 0.717) is 0 Å². The predicted molar refractivity (Wildman–Crippen MR) is 67.8 cm³/mol. The molecule has 0 saturated heterocycles. The van der Waals surface area contributed by atoms with Crippen LogP contribution in [0.4, 0.5) is 5.82 Å². The molecular weight excluding hydrogens is 218 g/mol. The molecule has 0 unspecified atom stereocenters. The van der Waals surface area contributed by atoms with E-state index < -0.39 is 0 Å². The number of imidazole rings is 1. The number of aryl methyl sites for hydroxylation is 1. The second-order valence-electron chi connectivity index (χ2n) is 3.96. The maximum Gasteiger partial charge on any atom is 0.183 e. The Bertz CT molecular complexity index is 553. The summed E-state index contributed by atoms with van der Waals surface area (Å²) in [7, 11) is 0. The van der Waals surface area contributed by atoms with Gasteiger partial charge < -0.3 is 10.3 Å². The molecule has 0 spiro atoms. The van der Waals surface area contributed by atoms with E-state index in [9.17, 15) is 0 Å². The highest BCUT2D eigenvalue weighted by atomic mass is 32.1. The lowest BCUT2D eigenvalue weighted by molar-refractivity contribution is 0.803. The van der Waals surface area contributed by atoms with Gasteiger partial charge in [0.1, 0.15) is 5.82 Å².